The summed E-state index contributed by atoms with van der Waals surface area (Å²) in [6.07, 6.45) is 3.60. The van der Waals surface area contributed by atoms with E-state index in [0.29, 0.717) is 6.54 Å². The number of amides is 1. The first-order valence-electron chi connectivity index (χ1n) is 8.86. The van der Waals surface area contributed by atoms with Crippen molar-refractivity contribution in [2.75, 3.05) is 19.6 Å². The SMILES string of the molecule is Cc1ccccc1[C@H]1c2ccsc2CCN1C(=O)CNCC1CC1. The van der Waals surface area contributed by atoms with E-state index in [1.807, 2.05) is 11.3 Å². The van der Waals surface area contributed by atoms with Crippen molar-refractivity contribution in [1.82, 2.24) is 10.2 Å². The molecule has 0 unspecified atom stereocenters. The highest BCUT2D eigenvalue weighted by Crippen LogP contribution is 2.38. The lowest BCUT2D eigenvalue weighted by molar-refractivity contribution is -0.132. The van der Waals surface area contributed by atoms with Crippen LogP contribution in [0.4, 0.5) is 0 Å². The average molecular weight is 340 g/mol. The van der Waals surface area contributed by atoms with Gasteiger partial charge in [-0.05, 0) is 66.8 Å². The molecule has 0 spiro atoms. The van der Waals surface area contributed by atoms with E-state index in [4.69, 9.17) is 0 Å². The number of aryl methyl sites for hydroxylation is 1. The highest BCUT2D eigenvalue weighted by Gasteiger charge is 2.33. The van der Waals surface area contributed by atoms with Crippen LogP contribution in [0.2, 0.25) is 0 Å². The van der Waals surface area contributed by atoms with E-state index in [-0.39, 0.29) is 11.9 Å². The molecule has 2 aromatic rings. The Morgan fingerprint density at radius 2 is 2.08 bits per heavy atom. The van der Waals surface area contributed by atoms with Crippen molar-refractivity contribution < 1.29 is 4.79 Å². The maximum absolute atomic E-state index is 12.9. The zero-order chi connectivity index (χ0) is 16.5. The second-order valence-electron chi connectivity index (χ2n) is 6.97. The van der Waals surface area contributed by atoms with Crippen LogP contribution in [-0.4, -0.2) is 30.4 Å². The molecule has 1 fully saturated rings. The lowest BCUT2D eigenvalue weighted by Gasteiger charge is -2.37. The van der Waals surface area contributed by atoms with Crippen molar-refractivity contribution in [3.63, 3.8) is 0 Å². The van der Waals surface area contributed by atoms with Gasteiger partial charge < -0.3 is 10.2 Å². The van der Waals surface area contributed by atoms with E-state index < -0.39 is 0 Å². The fourth-order valence-electron chi connectivity index (χ4n) is 3.62. The molecular formula is C20H24N2OS. The van der Waals surface area contributed by atoms with Gasteiger partial charge in [-0.3, -0.25) is 4.79 Å². The molecule has 4 rings (SSSR count). The summed E-state index contributed by atoms with van der Waals surface area (Å²) in [5, 5.41) is 5.52. The molecule has 1 aromatic heterocycles. The van der Waals surface area contributed by atoms with Gasteiger partial charge >= 0.3 is 0 Å². The minimum Gasteiger partial charge on any atom is -0.330 e. The largest absolute Gasteiger partial charge is 0.330 e. The molecule has 0 bridgehead atoms. The Kier molecular flexibility index (Phi) is 4.42. The van der Waals surface area contributed by atoms with Crippen LogP contribution in [0.15, 0.2) is 35.7 Å². The second kappa shape index (κ2) is 6.69. The normalized spacial score (nSPS) is 20.0. The molecule has 2 aliphatic rings. The fraction of sp³-hybridized carbons (Fsp3) is 0.450. The Labute approximate surface area is 147 Å². The fourth-order valence-corrected chi connectivity index (χ4v) is 4.52. The first kappa shape index (κ1) is 15.9. The summed E-state index contributed by atoms with van der Waals surface area (Å²) in [5.74, 6) is 1.02. The maximum atomic E-state index is 12.9. The molecule has 1 aromatic carbocycles. The minimum atomic E-state index is 0.0661. The number of carbonyl (C=O) groups is 1. The molecule has 1 atom stereocenters. The summed E-state index contributed by atoms with van der Waals surface area (Å²) in [7, 11) is 0. The van der Waals surface area contributed by atoms with Gasteiger partial charge in [-0.1, -0.05) is 24.3 Å². The molecule has 2 heterocycles. The van der Waals surface area contributed by atoms with Crippen molar-refractivity contribution in [3.8, 4) is 0 Å². The Morgan fingerprint density at radius 1 is 1.25 bits per heavy atom. The topological polar surface area (TPSA) is 32.3 Å². The van der Waals surface area contributed by atoms with Gasteiger partial charge in [-0.15, -0.1) is 11.3 Å². The van der Waals surface area contributed by atoms with E-state index in [2.05, 4.69) is 52.9 Å². The van der Waals surface area contributed by atoms with Crippen LogP contribution in [0.5, 0.6) is 0 Å². The van der Waals surface area contributed by atoms with Gasteiger partial charge in [0.15, 0.2) is 0 Å². The predicted octanol–water partition coefficient (Wildman–Crippen LogP) is 3.53. The summed E-state index contributed by atoms with van der Waals surface area (Å²) < 4.78 is 0. The first-order valence-corrected chi connectivity index (χ1v) is 9.74. The number of nitrogens with zero attached hydrogens (tertiary/aromatic N) is 1. The number of thiophene rings is 1. The standard InChI is InChI=1S/C20H24N2OS/c1-14-4-2-3-5-16(14)20-17-9-11-24-18(17)8-10-22(20)19(23)13-21-12-15-6-7-15/h2-5,9,11,15,20-21H,6-8,10,12-13H2,1H3/t20-/m0/s1. The number of rotatable bonds is 5. The van der Waals surface area contributed by atoms with Crippen LogP contribution in [0, 0.1) is 12.8 Å². The summed E-state index contributed by atoms with van der Waals surface area (Å²) in [4.78, 5) is 16.4. The number of nitrogens with one attached hydrogen (secondary N) is 1. The maximum Gasteiger partial charge on any atom is 0.237 e. The minimum absolute atomic E-state index is 0.0661. The highest BCUT2D eigenvalue weighted by atomic mass is 32.1. The van der Waals surface area contributed by atoms with Crippen LogP contribution in [0.3, 0.4) is 0 Å². The van der Waals surface area contributed by atoms with Gasteiger partial charge in [0.25, 0.3) is 0 Å². The summed E-state index contributed by atoms with van der Waals surface area (Å²) in [5.41, 5.74) is 3.83. The average Bonchev–Trinajstić information content (AvgIpc) is 3.28. The molecule has 3 nitrogen and oxygen atoms in total. The molecule has 4 heteroatoms. The van der Waals surface area contributed by atoms with Crippen molar-refractivity contribution >= 4 is 17.2 Å². The van der Waals surface area contributed by atoms with Gasteiger partial charge in [0.1, 0.15) is 0 Å². The van der Waals surface area contributed by atoms with Crippen molar-refractivity contribution in [2.24, 2.45) is 5.92 Å². The van der Waals surface area contributed by atoms with E-state index in [9.17, 15) is 4.79 Å². The molecule has 0 saturated heterocycles. The van der Waals surface area contributed by atoms with Gasteiger partial charge in [0.05, 0.1) is 12.6 Å². The first-order chi connectivity index (χ1) is 11.7. The Hall–Kier alpha value is -1.65. The molecule has 0 radical (unpaired) electrons. The summed E-state index contributed by atoms with van der Waals surface area (Å²) in [6.45, 7) is 4.40. The predicted molar refractivity (Wildman–Crippen MR) is 98.4 cm³/mol. The number of fused-ring (bicyclic) bond motifs is 1. The van der Waals surface area contributed by atoms with Gasteiger partial charge in [-0.25, -0.2) is 0 Å². The van der Waals surface area contributed by atoms with Gasteiger partial charge in [-0.2, -0.15) is 0 Å². The third-order valence-corrected chi connectivity index (χ3v) is 6.17. The van der Waals surface area contributed by atoms with E-state index in [0.717, 1.165) is 25.4 Å². The van der Waals surface area contributed by atoms with E-state index in [1.165, 1.54) is 34.4 Å². The van der Waals surface area contributed by atoms with Crippen LogP contribution >= 0.6 is 11.3 Å². The molecule has 1 N–H and O–H groups in total. The monoisotopic (exact) mass is 340 g/mol. The number of benzene rings is 1. The number of hydrogen-bond acceptors (Lipinski definition) is 3. The quantitative estimate of drug-likeness (QED) is 0.903. The number of carbonyl (C=O) groups excluding carboxylic acids is 1. The lowest BCUT2D eigenvalue weighted by atomic mass is 9.90. The molecular weight excluding hydrogens is 316 g/mol. The second-order valence-corrected chi connectivity index (χ2v) is 7.97. The summed E-state index contributed by atoms with van der Waals surface area (Å²) >= 11 is 1.82. The Morgan fingerprint density at radius 3 is 2.88 bits per heavy atom. The van der Waals surface area contributed by atoms with Crippen molar-refractivity contribution in [1.29, 1.82) is 0 Å². The van der Waals surface area contributed by atoms with E-state index >= 15 is 0 Å². The third kappa shape index (κ3) is 3.13. The van der Waals surface area contributed by atoms with Crippen molar-refractivity contribution in [2.45, 2.75) is 32.2 Å². The molecule has 126 valence electrons. The van der Waals surface area contributed by atoms with Crippen molar-refractivity contribution in [3.05, 3.63) is 57.3 Å². The Bertz CT molecular complexity index is 735. The van der Waals surface area contributed by atoms with E-state index in [1.54, 1.807) is 0 Å². The third-order valence-electron chi connectivity index (χ3n) is 5.18. The molecule has 24 heavy (non-hydrogen) atoms. The smallest absolute Gasteiger partial charge is 0.237 e. The zero-order valence-electron chi connectivity index (χ0n) is 14.1. The zero-order valence-corrected chi connectivity index (χ0v) is 14.9. The van der Waals surface area contributed by atoms with Crippen LogP contribution < -0.4 is 5.32 Å². The highest BCUT2D eigenvalue weighted by molar-refractivity contribution is 7.10. The van der Waals surface area contributed by atoms with Gasteiger partial charge in [0, 0.05) is 11.4 Å². The molecule has 1 saturated carbocycles. The Balaban J connectivity index is 1.60. The molecule has 1 aliphatic heterocycles. The number of hydrogen-bond donors (Lipinski definition) is 1. The molecule has 1 amide bonds. The molecule has 1 aliphatic carbocycles. The summed E-state index contributed by atoms with van der Waals surface area (Å²) in [6, 6.07) is 10.7. The van der Waals surface area contributed by atoms with Crippen LogP contribution in [0.25, 0.3) is 0 Å². The van der Waals surface area contributed by atoms with Crippen LogP contribution in [0.1, 0.15) is 40.5 Å². The lowest BCUT2D eigenvalue weighted by Crippen LogP contribution is -2.44. The van der Waals surface area contributed by atoms with Crippen LogP contribution in [-0.2, 0) is 11.2 Å². The van der Waals surface area contributed by atoms with Gasteiger partial charge in [0.2, 0.25) is 5.91 Å².